The standard InChI is InChI=1S/C12H9ClN4O3/c13-11-10(6-18)12(16-7-15-11)14-5-8-2-1-3-9(4-8)17(19)20/h1-4,6-7H,5H2,(H,14,15,16). The molecular formula is C12H9ClN4O3. The van der Waals surface area contributed by atoms with Crippen LogP contribution in [0.25, 0.3) is 0 Å². The Morgan fingerprint density at radius 2 is 2.20 bits per heavy atom. The fourth-order valence-corrected chi connectivity index (χ4v) is 1.76. The van der Waals surface area contributed by atoms with Crippen LogP contribution in [0.5, 0.6) is 0 Å². The van der Waals surface area contributed by atoms with Crippen molar-refractivity contribution in [3.63, 3.8) is 0 Å². The number of carbonyl (C=O) groups is 1. The van der Waals surface area contributed by atoms with Crippen molar-refractivity contribution in [2.24, 2.45) is 0 Å². The normalized spacial score (nSPS) is 10.1. The van der Waals surface area contributed by atoms with E-state index in [0.717, 1.165) is 0 Å². The maximum atomic E-state index is 10.9. The lowest BCUT2D eigenvalue weighted by molar-refractivity contribution is -0.384. The van der Waals surface area contributed by atoms with Crippen LogP contribution in [0.2, 0.25) is 5.15 Å². The average molecular weight is 293 g/mol. The number of hydrogen-bond acceptors (Lipinski definition) is 6. The number of non-ortho nitro benzene ring substituents is 1. The van der Waals surface area contributed by atoms with Crippen molar-refractivity contribution < 1.29 is 9.72 Å². The Kier molecular flexibility index (Phi) is 4.21. The Labute approximate surface area is 118 Å². The van der Waals surface area contributed by atoms with Crippen LogP contribution in [0, 0.1) is 10.1 Å². The quantitative estimate of drug-likeness (QED) is 0.393. The van der Waals surface area contributed by atoms with E-state index in [4.69, 9.17) is 11.6 Å². The van der Waals surface area contributed by atoms with E-state index >= 15 is 0 Å². The summed E-state index contributed by atoms with van der Waals surface area (Å²) in [6.45, 7) is 0.274. The lowest BCUT2D eigenvalue weighted by atomic mass is 10.2. The monoisotopic (exact) mass is 292 g/mol. The molecule has 0 saturated heterocycles. The molecule has 0 saturated carbocycles. The van der Waals surface area contributed by atoms with Gasteiger partial charge in [0, 0.05) is 18.7 Å². The van der Waals surface area contributed by atoms with E-state index < -0.39 is 4.92 Å². The van der Waals surface area contributed by atoms with E-state index in [9.17, 15) is 14.9 Å². The summed E-state index contributed by atoms with van der Waals surface area (Å²) in [4.78, 5) is 28.7. The van der Waals surface area contributed by atoms with Crippen molar-refractivity contribution in [2.75, 3.05) is 5.32 Å². The van der Waals surface area contributed by atoms with Crippen LogP contribution in [0.1, 0.15) is 15.9 Å². The fraction of sp³-hybridized carbons (Fsp3) is 0.0833. The Morgan fingerprint density at radius 3 is 2.90 bits per heavy atom. The zero-order chi connectivity index (χ0) is 14.5. The number of benzene rings is 1. The molecule has 2 aromatic rings. The van der Waals surface area contributed by atoms with Gasteiger partial charge < -0.3 is 5.32 Å². The maximum Gasteiger partial charge on any atom is 0.269 e. The minimum Gasteiger partial charge on any atom is -0.365 e. The Balaban J connectivity index is 2.17. The molecule has 0 aliphatic rings. The van der Waals surface area contributed by atoms with E-state index in [0.29, 0.717) is 11.8 Å². The number of nitro benzene ring substituents is 1. The number of hydrogen-bond donors (Lipinski definition) is 1. The highest BCUT2D eigenvalue weighted by atomic mass is 35.5. The Morgan fingerprint density at radius 1 is 1.40 bits per heavy atom. The molecule has 0 fully saturated rings. The molecule has 1 aromatic heterocycles. The summed E-state index contributed by atoms with van der Waals surface area (Å²) in [5.74, 6) is 0.284. The second kappa shape index (κ2) is 6.07. The molecule has 0 bridgehead atoms. The molecule has 0 atom stereocenters. The minimum absolute atomic E-state index is 0.000584. The van der Waals surface area contributed by atoms with E-state index in [1.54, 1.807) is 12.1 Å². The lowest BCUT2D eigenvalue weighted by Gasteiger charge is -2.08. The third-order valence-electron chi connectivity index (χ3n) is 2.53. The van der Waals surface area contributed by atoms with Crippen LogP contribution in [0.15, 0.2) is 30.6 Å². The van der Waals surface area contributed by atoms with E-state index in [2.05, 4.69) is 15.3 Å². The smallest absolute Gasteiger partial charge is 0.269 e. The van der Waals surface area contributed by atoms with Crippen molar-refractivity contribution in [3.8, 4) is 0 Å². The van der Waals surface area contributed by atoms with E-state index in [1.165, 1.54) is 18.5 Å². The van der Waals surface area contributed by atoms with Gasteiger partial charge in [-0.2, -0.15) is 0 Å². The molecule has 0 aliphatic carbocycles. The third kappa shape index (κ3) is 3.07. The molecule has 0 radical (unpaired) electrons. The summed E-state index contributed by atoms with van der Waals surface area (Å²) in [6.07, 6.45) is 1.78. The number of rotatable bonds is 5. The van der Waals surface area contributed by atoms with Gasteiger partial charge in [0.25, 0.3) is 5.69 Å². The molecule has 1 heterocycles. The number of carbonyl (C=O) groups excluding carboxylic acids is 1. The van der Waals surface area contributed by atoms with Crippen LogP contribution in [-0.2, 0) is 6.54 Å². The van der Waals surface area contributed by atoms with Gasteiger partial charge in [0.2, 0.25) is 0 Å². The SMILES string of the molecule is O=Cc1c(Cl)ncnc1NCc1cccc([N+](=O)[O-])c1. The molecule has 1 N–H and O–H groups in total. The lowest BCUT2D eigenvalue weighted by Crippen LogP contribution is -2.05. The van der Waals surface area contributed by atoms with Gasteiger partial charge in [-0.1, -0.05) is 23.7 Å². The first-order chi connectivity index (χ1) is 9.61. The van der Waals surface area contributed by atoms with Crippen LogP contribution in [0.3, 0.4) is 0 Å². The minimum atomic E-state index is -0.470. The summed E-state index contributed by atoms with van der Waals surface area (Å²) >= 11 is 5.77. The largest absolute Gasteiger partial charge is 0.365 e. The summed E-state index contributed by atoms with van der Waals surface area (Å²) in [5.41, 5.74) is 0.839. The highest BCUT2D eigenvalue weighted by Crippen LogP contribution is 2.19. The van der Waals surface area contributed by atoms with E-state index in [-0.39, 0.29) is 28.8 Å². The van der Waals surface area contributed by atoms with Gasteiger partial charge >= 0.3 is 0 Å². The molecule has 102 valence electrons. The van der Waals surface area contributed by atoms with Crippen LogP contribution in [-0.4, -0.2) is 21.2 Å². The second-order valence-electron chi connectivity index (χ2n) is 3.83. The second-order valence-corrected chi connectivity index (χ2v) is 4.18. The topological polar surface area (TPSA) is 98.0 Å². The molecular weight excluding hydrogens is 284 g/mol. The van der Waals surface area contributed by atoms with Crippen LogP contribution in [0.4, 0.5) is 11.5 Å². The van der Waals surface area contributed by atoms with Gasteiger partial charge in [-0.15, -0.1) is 0 Å². The Hall–Kier alpha value is -2.54. The average Bonchev–Trinajstić information content (AvgIpc) is 2.45. The zero-order valence-corrected chi connectivity index (χ0v) is 10.9. The van der Waals surface area contributed by atoms with Crippen molar-refractivity contribution in [1.29, 1.82) is 0 Å². The number of halogens is 1. The molecule has 0 spiro atoms. The first kappa shape index (κ1) is 13.9. The number of aldehydes is 1. The van der Waals surface area contributed by atoms with Gasteiger partial charge in [0.1, 0.15) is 17.3 Å². The number of nitro groups is 1. The van der Waals surface area contributed by atoms with E-state index in [1.807, 2.05) is 0 Å². The predicted molar refractivity (Wildman–Crippen MR) is 72.9 cm³/mol. The maximum absolute atomic E-state index is 10.9. The highest BCUT2D eigenvalue weighted by molar-refractivity contribution is 6.32. The predicted octanol–water partition coefficient (Wildman–Crippen LogP) is 2.46. The number of anilines is 1. The summed E-state index contributed by atoms with van der Waals surface area (Å²) in [6, 6.07) is 6.16. The molecule has 8 heteroatoms. The number of aromatic nitrogens is 2. The third-order valence-corrected chi connectivity index (χ3v) is 2.84. The van der Waals surface area contributed by atoms with Gasteiger partial charge in [0.05, 0.1) is 10.5 Å². The highest BCUT2D eigenvalue weighted by Gasteiger charge is 2.10. The molecule has 2 rings (SSSR count). The molecule has 20 heavy (non-hydrogen) atoms. The summed E-state index contributed by atoms with van der Waals surface area (Å²) in [5, 5.41) is 13.6. The molecule has 7 nitrogen and oxygen atoms in total. The molecule has 0 aliphatic heterocycles. The zero-order valence-electron chi connectivity index (χ0n) is 10.1. The van der Waals surface area contributed by atoms with Gasteiger partial charge in [-0.3, -0.25) is 14.9 Å². The van der Waals surface area contributed by atoms with Gasteiger partial charge in [-0.25, -0.2) is 9.97 Å². The van der Waals surface area contributed by atoms with Crippen LogP contribution >= 0.6 is 11.6 Å². The first-order valence-corrected chi connectivity index (χ1v) is 5.92. The van der Waals surface area contributed by atoms with Crippen molar-refractivity contribution in [1.82, 2.24) is 9.97 Å². The first-order valence-electron chi connectivity index (χ1n) is 5.54. The van der Waals surface area contributed by atoms with Crippen molar-refractivity contribution in [3.05, 3.63) is 57.0 Å². The number of nitrogens with zero attached hydrogens (tertiary/aromatic N) is 3. The molecule has 0 amide bonds. The summed E-state index contributed by atoms with van der Waals surface area (Å²) in [7, 11) is 0. The van der Waals surface area contributed by atoms with Gasteiger partial charge in [0.15, 0.2) is 6.29 Å². The Bertz CT molecular complexity index is 663. The van der Waals surface area contributed by atoms with Crippen molar-refractivity contribution in [2.45, 2.75) is 6.54 Å². The van der Waals surface area contributed by atoms with Gasteiger partial charge in [-0.05, 0) is 5.56 Å². The number of nitrogens with one attached hydrogen (secondary N) is 1. The summed E-state index contributed by atoms with van der Waals surface area (Å²) < 4.78 is 0. The molecule has 0 unspecified atom stereocenters. The molecule has 1 aromatic carbocycles. The van der Waals surface area contributed by atoms with Crippen LogP contribution < -0.4 is 5.32 Å². The van der Waals surface area contributed by atoms with Crippen molar-refractivity contribution >= 4 is 29.4 Å². The fourth-order valence-electron chi connectivity index (χ4n) is 1.59.